The zero-order valence-electron chi connectivity index (χ0n) is 14.8. The van der Waals surface area contributed by atoms with Crippen molar-refractivity contribution in [2.75, 3.05) is 18.4 Å². The number of carbonyl (C=O) groups is 3. The van der Waals surface area contributed by atoms with Crippen LogP contribution >= 0.6 is 0 Å². The van der Waals surface area contributed by atoms with Crippen molar-refractivity contribution in [3.63, 3.8) is 0 Å². The number of anilines is 1. The largest absolute Gasteiger partial charge is 0.340 e. The molecule has 2 N–H and O–H groups in total. The SMILES string of the molecule is C#Cc1ccc(NC(=O)C(=O)N2CCC3(CC2)OC(C)(C)NC3=O)cc1. The van der Waals surface area contributed by atoms with Gasteiger partial charge < -0.3 is 20.3 Å². The lowest BCUT2D eigenvalue weighted by Crippen LogP contribution is -2.52. The van der Waals surface area contributed by atoms with Crippen LogP contribution in [0.4, 0.5) is 5.69 Å². The third-order valence-electron chi connectivity index (χ3n) is 4.64. The molecule has 3 rings (SSSR count). The first-order valence-corrected chi connectivity index (χ1v) is 8.44. The van der Waals surface area contributed by atoms with E-state index in [0.29, 0.717) is 24.1 Å². The van der Waals surface area contributed by atoms with Gasteiger partial charge in [0.15, 0.2) is 5.60 Å². The van der Waals surface area contributed by atoms with E-state index in [1.807, 2.05) is 0 Å². The van der Waals surface area contributed by atoms with Crippen LogP contribution in [0.15, 0.2) is 24.3 Å². The van der Waals surface area contributed by atoms with Gasteiger partial charge in [0.25, 0.3) is 5.91 Å². The molecule has 7 nitrogen and oxygen atoms in total. The number of terminal acetylenes is 1. The van der Waals surface area contributed by atoms with Crippen LogP contribution in [0, 0.1) is 12.3 Å². The molecule has 0 radical (unpaired) electrons. The highest BCUT2D eigenvalue weighted by atomic mass is 16.6. The molecule has 0 saturated carbocycles. The fourth-order valence-corrected chi connectivity index (χ4v) is 3.33. The Morgan fingerprint density at radius 1 is 1.23 bits per heavy atom. The molecule has 2 saturated heterocycles. The highest BCUT2D eigenvalue weighted by molar-refractivity contribution is 6.39. The van der Waals surface area contributed by atoms with Crippen molar-refractivity contribution in [1.29, 1.82) is 0 Å². The van der Waals surface area contributed by atoms with Crippen molar-refractivity contribution in [1.82, 2.24) is 10.2 Å². The number of piperidine rings is 1. The lowest BCUT2D eigenvalue weighted by atomic mass is 9.91. The summed E-state index contributed by atoms with van der Waals surface area (Å²) in [4.78, 5) is 38.3. The van der Waals surface area contributed by atoms with E-state index < -0.39 is 23.1 Å². The normalized spacial score (nSPS) is 20.3. The zero-order chi connectivity index (χ0) is 18.9. The van der Waals surface area contributed by atoms with Crippen molar-refractivity contribution in [3.8, 4) is 12.3 Å². The molecule has 2 aliphatic heterocycles. The average Bonchev–Trinajstić information content (AvgIpc) is 2.83. The number of benzene rings is 1. The van der Waals surface area contributed by atoms with Gasteiger partial charge in [-0.05, 0) is 38.1 Å². The minimum Gasteiger partial charge on any atom is -0.340 e. The highest BCUT2D eigenvalue weighted by Gasteiger charge is 2.53. The summed E-state index contributed by atoms with van der Waals surface area (Å²) in [5.41, 5.74) is -0.447. The van der Waals surface area contributed by atoms with Gasteiger partial charge in [0.1, 0.15) is 5.72 Å². The molecular formula is C19H21N3O4. The van der Waals surface area contributed by atoms with Crippen LogP contribution in [-0.4, -0.2) is 47.0 Å². The predicted octanol–water partition coefficient (Wildman–Crippen LogP) is 0.850. The first kappa shape index (κ1) is 18.0. The maximum absolute atomic E-state index is 12.4. The number of rotatable bonds is 1. The van der Waals surface area contributed by atoms with Gasteiger partial charge in [0.05, 0.1) is 0 Å². The van der Waals surface area contributed by atoms with Gasteiger partial charge in [0, 0.05) is 37.2 Å². The van der Waals surface area contributed by atoms with E-state index in [4.69, 9.17) is 11.2 Å². The molecule has 0 bridgehead atoms. The Morgan fingerprint density at radius 2 is 1.85 bits per heavy atom. The van der Waals surface area contributed by atoms with E-state index in [9.17, 15) is 14.4 Å². The number of hydrogen-bond acceptors (Lipinski definition) is 4. The summed E-state index contributed by atoms with van der Waals surface area (Å²) in [6.07, 6.45) is 6.00. The topological polar surface area (TPSA) is 87.7 Å². The molecule has 0 aromatic heterocycles. The standard InChI is InChI=1S/C19H21N3O4/c1-4-13-5-7-14(8-6-13)20-15(23)16(24)22-11-9-19(10-12-22)17(25)21-18(2,3)26-19/h1,5-8H,9-12H2,2-3H3,(H,20,23)(H,21,25). The molecule has 26 heavy (non-hydrogen) atoms. The van der Waals surface area contributed by atoms with Crippen LogP contribution in [0.25, 0.3) is 0 Å². The van der Waals surface area contributed by atoms with Crippen LogP contribution in [-0.2, 0) is 19.1 Å². The molecule has 1 aromatic carbocycles. The zero-order valence-corrected chi connectivity index (χ0v) is 14.8. The smallest absolute Gasteiger partial charge is 0.313 e. The number of likely N-dealkylation sites (tertiary alicyclic amines) is 1. The molecule has 0 unspecified atom stereocenters. The summed E-state index contributed by atoms with van der Waals surface area (Å²) in [5.74, 6) is 0.981. The minimum absolute atomic E-state index is 0.160. The molecule has 7 heteroatoms. The molecule has 136 valence electrons. The molecule has 3 amide bonds. The van der Waals surface area contributed by atoms with Gasteiger partial charge in [-0.2, -0.15) is 0 Å². The van der Waals surface area contributed by atoms with Gasteiger partial charge in [-0.1, -0.05) is 5.92 Å². The summed E-state index contributed by atoms with van der Waals surface area (Å²) >= 11 is 0. The first-order valence-electron chi connectivity index (χ1n) is 8.44. The Labute approximate surface area is 152 Å². The number of hydrogen-bond donors (Lipinski definition) is 2. The molecule has 0 aliphatic carbocycles. The van der Waals surface area contributed by atoms with Gasteiger partial charge in [-0.3, -0.25) is 14.4 Å². The van der Waals surface area contributed by atoms with Crippen molar-refractivity contribution in [3.05, 3.63) is 29.8 Å². The van der Waals surface area contributed by atoms with Gasteiger partial charge in [0.2, 0.25) is 0 Å². The van der Waals surface area contributed by atoms with Gasteiger partial charge >= 0.3 is 11.8 Å². The van der Waals surface area contributed by atoms with E-state index in [1.165, 1.54) is 4.90 Å². The van der Waals surface area contributed by atoms with Crippen LogP contribution in [0.5, 0.6) is 0 Å². The number of carbonyl (C=O) groups excluding carboxylic acids is 3. The van der Waals surface area contributed by atoms with Crippen molar-refractivity contribution in [2.24, 2.45) is 0 Å². The summed E-state index contributed by atoms with van der Waals surface area (Å²) < 4.78 is 5.88. The predicted molar refractivity (Wildman–Crippen MR) is 94.9 cm³/mol. The number of ether oxygens (including phenoxy) is 1. The third kappa shape index (κ3) is 3.41. The minimum atomic E-state index is -0.915. The van der Waals surface area contributed by atoms with E-state index >= 15 is 0 Å². The third-order valence-corrected chi connectivity index (χ3v) is 4.64. The molecule has 2 fully saturated rings. The summed E-state index contributed by atoms with van der Waals surface area (Å²) in [5, 5.41) is 5.37. The maximum Gasteiger partial charge on any atom is 0.313 e. The second-order valence-electron chi connectivity index (χ2n) is 7.03. The molecular weight excluding hydrogens is 334 g/mol. The number of amides is 3. The fourth-order valence-electron chi connectivity index (χ4n) is 3.33. The monoisotopic (exact) mass is 355 g/mol. The molecule has 1 spiro atoms. The number of nitrogens with one attached hydrogen (secondary N) is 2. The van der Waals surface area contributed by atoms with E-state index in [-0.39, 0.29) is 19.0 Å². The summed E-state index contributed by atoms with van der Waals surface area (Å²) in [6, 6.07) is 6.65. The van der Waals surface area contributed by atoms with Crippen LogP contribution in [0.1, 0.15) is 32.3 Å². The Bertz CT molecular complexity index is 784. The molecule has 1 aromatic rings. The Morgan fingerprint density at radius 3 is 2.35 bits per heavy atom. The van der Waals surface area contributed by atoms with Crippen LogP contribution < -0.4 is 10.6 Å². The van der Waals surface area contributed by atoms with Gasteiger partial charge in [-0.15, -0.1) is 6.42 Å². The van der Waals surface area contributed by atoms with Crippen molar-refractivity contribution in [2.45, 2.75) is 38.0 Å². The fraction of sp³-hybridized carbons (Fsp3) is 0.421. The maximum atomic E-state index is 12.4. The number of nitrogens with zero attached hydrogens (tertiary/aromatic N) is 1. The molecule has 2 aliphatic rings. The average molecular weight is 355 g/mol. The van der Waals surface area contributed by atoms with Crippen molar-refractivity contribution >= 4 is 23.4 Å². The van der Waals surface area contributed by atoms with Crippen molar-refractivity contribution < 1.29 is 19.1 Å². The van der Waals surface area contributed by atoms with E-state index in [1.54, 1.807) is 38.1 Å². The van der Waals surface area contributed by atoms with E-state index in [0.717, 1.165) is 0 Å². The molecule has 2 heterocycles. The Kier molecular flexibility index (Phi) is 4.46. The second kappa shape index (κ2) is 6.46. The Hall–Kier alpha value is -2.85. The lowest BCUT2D eigenvalue weighted by Gasteiger charge is -2.37. The first-order chi connectivity index (χ1) is 12.2. The lowest BCUT2D eigenvalue weighted by molar-refractivity contribution is -0.155. The Balaban J connectivity index is 1.59. The summed E-state index contributed by atoms with van der Waals surface area (Å²) in [7, 11) is 0. The highest BCUT2D eigenvalue weighted by Crippen LogP contribution is 2.35. The second-order valence-corrected chi connectivity index (χ2v) is 7.03. The van der Waals surface area contributed by atoms with E-state index in [2.05, 4.69) is 16.6 Å². The van der Waals surface area contributed by atoms with Crippen LogP contribution in [0.2, 0.25) is 0 Å². The quantitative estimate of drug-likeness (QED) is 0.577. The summed E-state index contributed by atoms with van der Waals surface area (Å²) in [6.45, 7) is 4.14. The van der Waals surface area contributed by atoms with Crippen LogP contribution in [0.3, 0.4) is 0 Å². The molecule has 0 atom stereocenters. The van der Waals surface area contributed by atoms with Gasteiger partial charge in [-0.25, -0.2) is 0 Å².